The summed E-state index contributed by atoms with van der Waals surface area (Å²) in [7, 11) is 2.82. The first-order valence-corrected chi connectivity index (χ1v) is 8.36. The molecular formula is C19H16F3N3O4. The smallest absolute Gasteiger partial charge is 0.416 e. The maximum absolute atomic E-state index is 13.2. The molecule has 0 spiro atoms. The first-order chi connectivity index (χ1) is 13.5. The maximum Gasteiger partial charge on any atom is 0.416 e. The van der Waals surface area contributed by atoms with Crippen molar-refractivity contribution in [3.8, 4) is 5.75 Å². The summed E-state index contributed by atoms with van der Waals surface area (Å²) in [4.78, 5) is 37.1. The molecule has 0 aromatic heterocycles. The van der Waals surface area contributed by atoms with Gasteiger partial charge >= 0.3 is 6.18 Å². The van der Waals surface area contributed by atoms with Crippen LogP contribution in [0.25, 0.3) is 0 Å². The fraction of sp³-hybridized carbons (Fsp3) is 0.211. The average molecular weight is 407 g/mol. The number of carbonyl (C=O) groups excluding carboxylic acids is 3. The number of amides is 3. The predicted molar refractivity (Wildman–Crippen MR) is 98.0 cm³/mol. The van der Waals surface area contributed by atoms with Gasteiger partial charge in [0.25, 0.3) is 17.7 Å². The Hall–Kier alpha value is -3.56. The van der Waals surface area contributed by atoms with E-state index in [4.69, 9.17) is 4.74 Å². The van der Waals surface area contributed by atoms with E-state index in [1.165, 1.54) is 38.4 Å². The minimum absolute atomic E-state index is 0.109. The molecule has 3 amide bonds. The molecule has 0 aliphatic carbocycles. The maximum atomic E-state index is 13.2. The number of rotatable bonds is 3. The molecule has 0 saturated carbocycles. The van der Waals surface area contributed by atoms with Crippen LogP contribution >= 0.6 is 0 Å². The van der Waals surface area contributed by atoms with Gasteiger partial charge in [-0.3, -0.25) is 14.4 Å². The summed E-state index contributed by atoms with van der Waals surface area (Å²) in [5.74, 6) is -1.40. The molecule has 2 N–H and O–H groups in total. The third-order valence-corrected chi connectivity index (χ3v) is 4.05. The number of ether oxygens (including phenoxy) is 1. The number of nitrogens with zero attached hydrogens (tertiary/aromatic N) is 1. The fourth-order valence-electron chi connectivity index (χ4n) is 2.66. The van der Waals surface area contributed by atoms with E-state index in [0.717, 1.165) is 17.0 Å². The minimum atomic E-state index is -4.69. The van der Waals surface area contributed by atoms with Gasteiger partial charge in [0.2, 0.25) is 0 Å². The Morgan fingerprint density at radius 2 is 1.83 bits per heavy atom. The highest BCUT2D eigenvalue weighted by Crippen LogP contribution is 2.33. The lowest BCUT2D eigenvalue weighted by Crippen LogP contribution is -2.25. The van der Waals surface area contributed by atoms with E-state index in [1.54, 1.807) is 0 Å². The lowest BCUT2D eigenvalue weighted by molar-refractivity contribution is -0.137. The van der Waals surface area contributed by atoms with Crippen molar-refractivity contribution in [2.45, 2.75) is 6.18 Å². The Morgan fingerprint density at radius 1 is 1.10 bits per heavy atom. The van der Waals surface area contributed by atoms with Crippen molar-refractivity contribution in [1.82, 2.24) is 4.90 Å². The third kappa shape index (κ3) is 4.48. The van der Waals surface area contributed by atoms with E-state index >= 15 is 0 Å². The Bertz CT molecular complexity index is 1000. The zero-order valence-corrected chi connectivity index (χ0v) is 15.4. The first-order valence-electron chi connectivity index (χ1n) is 8.36. The van der Waals surface area contributed by atoms with Crippen LogP contribution in [0.5, 0.6) is 5.75 Å². The minimum Gasteiger partial charge on any atom is -0.482 e. The van der Waals surface area contributed by atoms with E-state index in [2.05, 4.69) is 10.6 Å². The summed E-state index contributed by atoms with van der Waals surface area (Å²) in [6.45, 7) is -0.207. The number of carbonyl (C=O) groups is 3. The molecule has 152 valence electrons. The molecule has 1 aliphatic rings. The van der Waals surface area contributed by atoms with Crippen LogP contribution < -0.4 is 15.4 Å². The number of fused-ring (bicyclic) bond motifs is 1. The second kappa shape index (κ2) is 7.46. The van der Waals surface area contributed by atoms with Crippen molar-refractivity contribution in [3.05, 3.63) is 53.1 Å². The molecule has 0 unspecified atom stereocenters. The second-order valence-corrected chi connectivity index (χ2v) is 6.50. The quantitative estimate of drug-likeness (QED) is 0.819. The SMILES string of the molecule is CN(C)C(=O)c1cc(NC(=O)c2ccc3c(c2)OCC(=O)N3)cc(C(F)(F)F)c1. The van der Waals surface area contributed by atoms with Gasteiger partial charge in [0.1, 0.15) is 5.75 Å². The predicted octanol–water partition coefficient (Wildman–Crippen LogP) is 2.99. The van der Waals surface area contributed by atoms with Crippen LogP contribution in [0.3, 0.4) is 0 Å². The molecule has 1 aliphatic heterocycles. The number of anilines is 2. The summed E-state index contributed by atoms with van der Waals surface area (Å²) in [5, 5.41) is 4.94. The Labute approximate surface area is 163 Å². The number of alkyl halides is 3. The monoisotopic (exact) mass is 407 g/mol. The summed E-state index contributed by atoms with van der Waals surface area (Å²) >= 11 is 0. The highest BCUT2D eigenvalue weighted by atomic mass is 19.4. The van der Waals surface area contributed by atoms with Gasteiger partial charge in [0, 0.05) is 30.9 Å². The van der Waals surface area contributed by atoms with E-state index < -0.39 is 23.6 Å². The first kappa shape index (κ1) is 20.2. The van der Waals surface area contributed by atoms with E-state index in [1.807, 2.05) is 0 Å². The van der Waals surface area contributed by atoms with Crippen molar-refractivity contribution >= 4 is 29.1 Å². The van der Waals surface area contributed by atoms with Crippen molar-refractivity contribution < 1.29 is 32.3 Å². The summed E-state index contributed by atoms with van der Waals surface area (Å²) in [5.41, 5.74) is -0.955. The van der Waals surface area contributed by atoms with Gasteiger partial charge < -0.3 is 20.3 Å². The lowest BCUT2D eigenvalue weighted by atomic mass is 10.1. The zero-order valence-electron chi connectivity index (χ0n) is 15.4. The molecule has 1 heterocycles. The van der Waals surface area contributed by atoms with Crippen LogP contribution in [-0.2, 0) is 11.0 Å². The highest BCUT2D eigenvalue weighted by Gasteiger charge is 2.32. The molecule has 0 radical (unpaired) electrons. The third-order valence-electron chi connectivity index (χ3n) is 4.05. The average Bonchev–Trinajstić information content (AvgIpc) is 2.65. The molecule has 3 rings (SSSR count). The van der Waals surface area contributed by atoms with Crippen LogP contribution in [0.1, 0.15) is 26.3 Å². The number of benzene rings is 2. The molecule has 2 aromatic rings. The zero-order chi connectivity index (χ0) is 21.3. The van der Waals surface area contributed by atoms with E-state index in [-0.39, 0.29) is 35.1 Å². The molecule has 0 bridgehead atoms. The summed E-state index contributed by atoms with van der Waals surface area (Å²) in [6.07, 6.45) is -4.69. The van der Waals surface area contributed by atoms with Gasteiger partial charge in [-0.1, -0.05) is 0 Å². The summed E-state index contributed by atoms with van der Waals surface area (Å²) in [6, 6.07) is 6.86. The molecule has 7 nitrogen and oxygen atoms in total. The molecule has 0 saturated heterocycles. The molecular weight excluding hydrogens is 391 g/mol. The van der Waals surface area contributed by atoms with Crippen molar-refractivity contribution in [3.63, 3.8) is 0 Å². The fourth-order valence-corrected chi connectivity index (χ4v) is 2.66. The van der Waals surface area contributed by atoms with Crippen molar-refractivity contribution in [1.29, 1.82) is 0 Å². The number of hydrogen-bond acceptors (Lipinski definition) is 4. The number of nitrogens with one attached hydrogen (secondary N) is 2. The van der Waals surface area contributed by atoms with Crippen molar-refractivity contribution in [2.75, 3.05) is 31.3 Å². The Kier molecular flexibility index (Phi) is 5.19. The van der Waals surface area contributed by atoms with Gasteiger partial charge in [0.05, 0.1) is 11.3 Å². The topological polar surface area (TPSA) is 87.7 Å². The van der Waals surface area contributed by atoms with Crippen LogP contribution in [0.15, 0.2) is 36.4 Å². The van der Waals surface area contributed by atoms with Crippen LogP contribution in [-0.4, -0.2) is 43.3 Å². The molecule has 29 heavy (non-hydrogen) atoms. The van der Waals surface area contributed by atoms with Crippen LogP contribution in [0.2, 0.25) is 0 Å². The van der Waals surface area contributed by atoms with Gasteiger partial charge in [-0.05, 0) is 36.4 Å². The van der Waals surface area contributed by atoms with Gasteiger partial charge in [-0.2, -0.15) is 13.2 Å². The normalized spacial score (nSPS) is 13.1. The number of hydrogen-bond donors (Lipinski definition) is 2. The number of halogens is 3. The highest BCUT2D eigenvalue weighted by molar-refractivity contribution is 6.06. The molecule has 2 aromatic carbocycles. The van der Waals surface area contributed by atoms with E-state index in [9.17, 15) is 27.6 Å². The van der Waals surface area contributed by atoms with Gasteiger partial charge in [-0.25, -0.2) is 0 Å². The standard InChI is InChI=1S/C19H16F3N3O4/c1-25(2)18(28)11-5-12(19(20,21)22)8-13(6-11)23-17(27)10-3-4-14-15(7-10)29-9-16(26)24-14/h3-8H,9H2,1-2H3,(H,23,27)(H,24,26). The molecule has 0 fully saturated rings. The molecule has 0 atom stereocenters. The Morgan fingerprint density at radius 3 is 2.48 bits per heavy atom. The van der Waals surface area contributed by atoms with Crippen LogP contribution in [0, 0.1) is 0 Å². The lowest BCUT2D eigenvalue weighted by Gasteiger charge is -2.18. The van der Waals surface area contributed by atoms with Gasteiger partial charge in [-0.15, -0.1) is 0 Å². The Balaban J connectivity index is 1.91. The van der Waals surface area contributed by atoms with E-state index in [0.29, 0.717) is 5.69 Å². The largest absolute Gasteiger partial charge is 0.482 e. The summed E-state index contributed by atoms with van der Waals surface area (Å²) < 4.78 is 44.8. The van der Waals surface area contributed by atoms with Crippen molar-refractivity contribution in [2.24, 2.45) is 0 Å². The van der Waals surface area contributed by atoms with Crippen LogP contribution in [0.4, 0.5) is 24.5 Å². The second-order valence-electron chi connectivity index (χ2n) is 6.50. The van der Waals surface area contributed by atoms with Gasteiger partial charge in [0.15, 0.2) is 6.61 Å². The molecule has 10 heteroatoms.